The summed E-state index contributed by atoms with van der Waals surface area (Å²) in [4.78, 5) is 0. The number of hydrogen-bond donors (Lipinski definition) is 0. The van der Waals surface area contributed by atoms with Gasteiger partial charge < -0.3 is 0 Å². The van der Waals surface area contributed by atoms with Gasteiger partial charge in [0.15, 0.2) is 0 Å². The maximum atomic E-state index is 2.51. The Morgan fingerprint density at radius 2 is 1.82 bits per heavy atom. The molecule has 0 aromatic heterocycles. The Morgan fingerprint density at radius 1 is 0.955 bits per heavy atom. The molecule has 0 N–H and O–H groups in total. The molecule has 0 fully saturated rings. The van der Waals surface area contributed by atoms with E-state index in [9.17, 15) is 0 Å². The molecule has 22 heavy (non-hydrogen) atoms. The molecule has 0 aliphatic heterocycles. The van der Waals surface area contributed by atoms with Gasteiger partial charge in [0.1, 0.15) is 0 Å². The minimum absolute atomic E-state index is 0.738. The van der Waals surface area contributed by atoms with Crippen molar-refractivity contribution in [3.63, 3.8) is 0 Å². The molecule has 0 heterocycles. The van der Waals surface area contributed by atoms with E-state index in [1.165, 1.54) is 31.2 Å². The second-order valence-corrected chi connectivity index (χ2v) is 7.69. The molecule has 2 aromatic carbocycles. The summed E-state index contributed by atoms with van der Waals surface area (Å²) in [5.41, 5.74) is 9.46. The van der Waals surface area contributed by atoms with E-state index in [2.05, 4.69) is 57.2 Å². The number of benzene rings is 2. The second-order valence-electron chi connectivity index (χ2n) is 7.69. The Labute approximate surface area is 134 Å². The Morgan fingerprint density at radius 3 is 2.64 bits per heavy atom. The smallest absolute Gasteiger partial charge is 0.0159 e. The summed E-state index contributed by atoms with van der Waals surface area (Å²) >= 11 is 0. The van der Waals surface area contributed by atoms with E-state index in [1.807, 2.05) is 0 Å². The highest BCUT2D eigenvalue weighted by molar-refractivity contribution is 5.41. The zero-order chi connectivity index (χ0) is 15.3. The Bertz CT molecular complexity index is 710. The monoisotopic (exact) mass is 290 g/mol. The van der Waals surface area contributed by atoms with Gasteiger partial charge in [-0.2, -0.15) is 0 Å². The third-order valence-electron chi connectivity index (χ3n) is 6.13. The maximum absolute atomic E-state index is 2.51. The summed E-state index contributed by atoms with van der Waals surface area (Å²) in [6.07, 6.45) is 5.05. The molecule has 114 valence electrons. The van der Waals surface area contributed by atoms with E-state index in [-0.39, 0.29) is 0 Å². The van der Waals surface area contributed by atoms with Crippen molar-refractivity contribution >= 4 is 0 Å². The lowest BCUT2D eigenvalue weighted by atomic mass is 9.93. The molecule has 0 amide bonds. The summed E-state index contributed by atoms with van der Waals surface area (Å²) in [6.45, 7) is 7.03. The van der Waals surface area contributed by atoms with Crippen molar-refractivity contribution in [2.75, 3.05) is 0 Å². The molecular weight excluding hydrogens is 264 g/mol. The van der Waals surface area contributed by atoms with Crippen molar-refractivity contribution in [2.24, 2.45) is 11.8 Å². The van der Waals surface area contributed by atoms with E-state index < -0.39 is 0 Å². The SMILES string of the molecule is Cc1cccc2c1CC(Cc1ccc3c(c1)CC(C)C3C)C2. The van der Waals surface area contributed by atoms with Gasteiger partial charge in [0.2, 0.25) is 0 Å². The molecule has 0 heteroatoms. The molecule has 3 unspecified atom stereocenters. The first kappa shape index (κ1) is 14.1. The van der Waals surface area contributed by atoms with Crippen molar-refractivity contribution in [1.82, 2.24) is 0 Å². The molecule has 0 bridgehead atoms. The topological polar surface area (TPSA) is 0 Å². The lowest BCUT2D eigenvalue weighted by molar-refractivity contribution is 0.532. The number of aryl methyl sites for hydroxylation is 1. The summed E-state index contributed by atoms with van der Waals surface area (Å²) in [5.74, 6) is 2.34. The summed E-state index contributed by atoms with van der Waals surface area (Å²) < 4.78 is 0. The molecule has 0 saturated carbocycles. The van der Waals surface area contributed by atoms with Crippen LogP contribution in [0.5, 0.6) is 0 Å². The van der Waals surface area contributed by atoms with Crippen molar-refractivity contribution < 1.29 is 0 Å². The third kappa shape index (κ3) is 2.29. The summed E-state index contributed by atoms with van der Waals surface area (Å²) in [7, 11) is 0. The first-order chi connectivity index (χ1) is 10.6. The first-order valence-electron chi connectivity index (χ1n) is 8.81. The fraction of sp³-hybridized carbons (Fsp3) is 0.455. The minimum atomic E-state index is 0.738. The van der Waals surface area contributed by atoms with Crippen LogP contribution in [0.25, 0.3) is 0 Å². The van der Waals surface area contributed by atoms with Crippen LogP contribution >= 0.6 is 0 Å². The molecule has 0 saturated heterocycles. The van der Waals surface area contributed by atoms with Gasteiger partial charge in [-0.3, -0.25) is 0 Å². The Kier molecular flexibility index (Phi) is 3.36. The highest BCUT2D eigenvalue weighted by atomic mass is 14.3. The fourth-order valence-electron chi connectivity index (χ4n) is 4.63. The van der Waals surface area contributed by atoms with Gasteiger partial charge in [-0.05, 0) is 83.7 Å². The Balaban J connectivity index is 1.52. The van der Waals surface area contributed by atoms with Gasteiger partial charge in [-0.25, -0.2) is 0 Å². The third-order valence-corrected chi connectivity index (χ3v) is 6.13. The molecule has 4 rings (SSSR count). The molecule has 2 aromatic rings. The largest absolute Gasteiger partial charge is 0.0617 e. The van der Waals surface area contributed by atoms with E-state index in [0.717, 1.165) is 17.8 Å². The zero-order valence-electron chi connectivity index (χ0n) is 14.0. The van der Waals surface area contributed by atoms with Crippen LogP contribution in [0.4, 0.5) is 0 Å². The van der Waals surface area contributed by atoms with Crippen molar-refractivity contribution in [1.29, 1.82) is 0 Å². The van der Waals surface area contributed by atoms with Gasteiger partial charge in [-0.15, -0.1) is 0 Å². The minimum Gasteiger partial charge on any atom is -0.0617 e. The average Bonchev–Trinajstić information content (AvgIpc) is 3.02. The number of rotatable bonds is 2. The highest BCUT2D eigenvalue weighted by Crippen LogP contribution is 2.38. The van der Waals surface area contributed by atoms with Crippen molar-refractivity contribution in [2.45, 2.75) is 52.4 Å². The van der Waals surface area contributed by atoms with Crippen LogP contribution in [0.2, 0.25) is 0 Å². The van der Waals surface area contributed by atoms with Gasteiger partial charge in [0, 0.05) is 0 Å². The molecule has 0 spiro atoms. The van der Waals surface area contributed by atoms with Gasteiger partial charge in [0.25, 0.3) is 0 Å². The lowest BCUT2D eigenvalue weighted by Crippen LogP contribution is -2.04. The molecule has 2 aliphatic rings. The lowest BCUT2D eigenvalue weighted by Gasteiger charge is -2.12. The first-order valence-corrected chi connectivity index (χ1v) is 8.81. The fourth-order valence-corrected chi connectivity index (χ4v) is 4.63. The van der Waals surface area contributed by atoms with Crippen LogP contribution < -0.4 is 0 Å². The highest BCUT2D eigenvalue weighted by Gasteiger charge is 2.27. The van der Waals surface area contributed by atoms with E-state index in [4.69, 9.17) is 0 Å². The number of hydrogen-bond acceptors (Lipinski definition) is 0. The van der Waals surface area contributed by atoms with Crippen LogP contribution in [0, 0.1) is 18.8 Å². The average molecular weight is 290 g/mol. The van der Waals surface area contributed by atoms with Gasteiger partial charge >= 0.3 is 0 Å². The van der Waals surface area contributed by atoms with Crippen LogP contribution in [0.1, 0.15) is 53.1 Å². The Hall–Kier alpha value is -1.56. The van der Waals surface area contributed by atoms with Crippen LogP contribution in [-0.4, -0.2) is 0 Å². The number of fused-ring (bicyclic) bond motifs is 2. The molecule has 3 atom stereocenters. The molecular formula is C22H26. The molecule has 0 nitrogen and oxygen atoms in total. The quantitative estimate of drug-likeness (QED) is 0.709. The van der Waals surface area contributed by atoms with E-state index in [1.54, 1.807) is 27.8 Å². The summed E-state index contributed by atoms with van der Waals surface area (Å²) in [5, 5.41) is 0. The van der Waals surface area contributed by atoms with Crippen molar-refractivity contribution in [3.05, 3.63) is 69.8 Å². The normalized spacial score (nSPS) is 26.0. The summed E-state index contributed by atoms with van der Waals surface area (Å²) in [6, 6.07) is 14.1. The molecule has 2 aliphatic carbocycles. The maximum Gasteiger partial charge on any atom is -0.0159 e. The molecule has 0 radical (unpaired) electrons. The standard InChI is InChI=1S/C22H26/c1-14-5-4-6-19-12-18(13-22(14)19)10-17-7-8-21-16(3)15(2)9-20(21)11-17/h4-8,11,15-16,18H,9-10,12-13H2,1-3H3. The predicted octanol–water partition coefficient (Wildman–Crippen LogP) is 5.25. The van der Waals surface area contributed by atoms with Crippen LogP contribution in [0.3, 0.4) is 0 Å². The van der Waals surface area contributed by atoms with E-state index >= 15 is 0 Å². The van der Waals surface area contributed by atoms with Crippen molar-refractivity contribution in [3.8, 4) is 0 Å². The van der Waals surface area contributed by atoms with Crippen LogP contribution in [0.15, 0.2) is 36.4 Å². The van der Waals surface area contributed by atoms with Gasteiger partial charge in [-0.1, -0.05) is 50.2 Å². The van der Waals surface area contributed by atoms with Gasteiger partial charge in [0.05, 0.1) is 0 Å². The van der Waals surface area contributed by atoms with E-state index in [0.29, 0.717) is 0 Å². The second kappa shape index (κ2) is 5.26. The van der Waals surface area contributed by atoms with Crippen LogP contribution in [-0.2, 0) is 25.7 Å². The predicted molar refractivity (Wildman–Crippen MR) is 93.5 cm³/mol. The zero-order valence-corrected chi connectivity index (χ0v) is 14.0.